The maximum atomic E-state index is 12.5. The van der Waals surface area contributed by atoms with Crippen LogP contribution >= 0.6 is 11.3 Å². The molecule has 1 amide bonds. The summed E-state index contributed by atoms with van der Waals surface area (Å²) >= 11 is 1.57. The number of carbonyl (C=O) groups is 1. The molecule has 2 N–H and O–H groups in total. The molecule has 0 radical (unpaired) electrons. The highest BCUT2D eigenvalue weighted by Gasteiger charge is 2.18. The Morgan fingerprint density at radius 3 is 2.74 bits per heavy atom. The van der Waals surface area contributed by atoms with E-state index in [1.54, 1.807) is 24.6 Å². The smallest absolute Gasteiger partial charge is 0.255 e. The maximum absolute atomic E-state index is 12.5. The summed E-state index contributed by atoms with van der Waals surface area (Å²) in [7, 11) is 1.63. The fraction of sp³-hybridized carbons (Fsp3) is 0.176. The topological polar surface area (TPSA) is 67.0 Å². The average Bonchev–Trinajstić information content (AvgIpc) is 3.25. The molecule has 1 atom stereocenters. The molecule has 0 bridgehead atoms. The molecule has 2 aromatic heterocycles. The quantitative estimate of drug-likeness (QED) is 0.752. The fourth-order valence-corrected chi connectivity index (χ4v) is 3.05. The van der Waals surface area contributed by atoms with Crippen LogP contribution in [0.1, 0.15) is 28.9 Å². The van der Waals surface area contributed by atoms with Crippen molar-refractivity contribution in [3.8, 4) is 16.3 Å². The second-order valence-corrected chi connectivity index (χ2v) is 6.05. The van der Waals surface area contributed by atoms with Crippen molar-refractivity contribution in [3.05, 3.63) is 59.1 Å². The van der Waals surface area contributed by atoms with Crippen molar-refractivity contribution in [2.45, 2.75) is 13.0 Å². The van der Waals surface area contributed by atoms with Gasteiger partial charge in [0.2, 0.25) is 0 Å². The Morgan fingerprint density at radius 1 is 1.30 bits per heavy atom. The summed E-state index contributed by atoms with van der Waals surface area (Å²) in [6, 6.07) is 11.4. The first-order valence-corrected chi connectivity index (χ1v) is 8.09. The Kier molecular flexibility index (Phi) is 4.43. The highest BCUT2D eigenvalue weighted by Crippen LogP contribution is 2.26. The van der Waals surface area contributed by atoms with E-state index < -0.39 is 0 Å². The third kappa shape index (κ3) is 3.27. The van der Waals surface area contributed by atoms with Crippen molar-refractivity contribution < 1.29 is 9.53 Å². The van der Waals surface area contributed by atoms with Crippen molar-refractivity contribution in [1.29, 1.82) is 0 Å². The van der Waals surface area contributed by atoms with E-state index in [1.807, 2.05) is 48.7 Å². The van der Waals surface area contributed by atoms with Crippen LogP contribution in [0.3, 0.4) is 0 Å². The zero-order chi connectivity index (χ0) is 16.2. The summed E-state index contributed by atoms with van der Waals surface area (Å²) in [6.45, 7) is 1.95. The molecule has 5 nitrogen and oxygen atoms in total. The van der Waals surface area contributed by atoms with Gasteiger partial charge in [0.25, 0.3) is 5.91 Å². The van der Waals surface area contributed by atoms with Gasteiger partial charge in [-0.15, -0.1) is 11.3 Å². The van der Waals surface area contributed by atoms with E-state index >= 15 is 0 Å². The van der Waals surface area contributed by atoms with Crippen LogP contribution in [0.15, 0.2) is 48.0 Å². The molecule has 0 spiro atoms. The molecule has 3 rings (SSSR count). The number of aromatic nitrogens is 2. The lowest BCUT2D eigenvalue weighted by Crippen LogP contribution is -2.26. The predicted molar refractivity (Wildman–Crippen MR) is 90.8 cm³/mol. The molecular weight excluding hydrogens is 310 g/mol. The molecular formula is C17H17N3O2S. The van der Waals surface area contributed by atoms with E-state index in [2.05, 4.69) is 15.5 Å². The number of H-pyrrole nitrogens is 1. The van der Waals surface area contributed by atoms with E-state index in [1.165, 1.54) is 0 Å². The number of rotatable bonds is 5. The number of hydrogen-bond donors (Lipinski definition) is 2. The van der Waals surface area contributed by atoms with Gasteiger partial charge in [0.05, 0.1) is 35.5 Å². The monoisotopic (exact) mass is 327 g/mol. The third-order valence-corrected chi connectivity index (χ3v) is 4.50. The van der Waals surface area contributed by atoms with E-state index in [4.69, 9.17) is 4.74 Å². The Hall–Kier alpha value is -2.60. The zero-order valence-electron chi connectivity index (χ0n) is 12.9. The molecule has 23 heavy (non-hydrogen) atoms. The normalized spacial score (nSPS) is 11.9. The van der Waals surface area contributed by atoms with Crippen LogP contribution in [0.5, 0.6) is 5.75 Å². The Balaban J connectivity index is 1.75. The van der Waals surface area contributed by atoms with Crippen LogP contribution in [0.2, 0.25) is 0 Å². The van der Waals surface area contributed by atoms with Crippen molar-refractivity contribution >= 4 is 17.2 Å². The first kappa shape index (κ1) is 15.3. The maximum Gasteiger partial charge on any atom is 0.255 e. The lowest BCUT2D eigenvalue weighted by molar-refractivity contribution is 0.0940. The summed E-state index contributed by atoms with van der Waals surface area (Å²) in [4.78, 5) is 13.5. The Morgan fingerprint density at radius 2 is 2.09 bits per heavy atom. The lowest BCUT2D eigenvalue weighted by Gasteiger charge is -2.14. The Bertz CT molecular complexity index is 779. The van der Waals surface area contributed by atoms with Gasteiger partial charge in [-0.1, -0.05) is 18.2 Å². The van der Waals surface area contributed by atoms with Gasteiger partial charge in [0.1, 0.15) is 5.75 Å². The van der Waals surface area contributed by atoms with Gasteiger partial charge in [-0.25, -0.2) is 0 Å². The standard InChI is InChI=1S/C17H17N3O2S/c1-11(12-5-7-13(22-2)8-6-12)19-17(21)14-10-18-20-16(14)15-4-3-9-23-15/h3-11H,1-2H3,(H,18,20)(H,19,21). The van der Waals surface area contributed by atoms with Crippen molar-refractivity contribution in [1.82, 2.24) is 15.5 Å². The van der Waals surface area contributed by atoms with Crippen LogP contribution in [0, 0.1) is 0 Å². The lowest BCUT2D eigenvalue weighted by atomic mass is 10.1. The number of nitrogens with zero attached hydrogens (tertiary/aromatic N) is 1. The van der Waals surface area contributed by atoms with Gasteiger partial charge in [-0.05, 0) is 36.1 Å². The van der Waals surface area contributed by atoms with Crippen molar-refractivity contribution in [2.24, 2.45) is 0 Å². The molecule has 0 aliphatic carbocycles. The molecule has 1 aromatic carbocycles. The molecule has 0 aliphatic heterocycles. The van der Waals surface area contributed by atoms with Crippen LogP contribution < -0.4 is 10.1 Å². The minimum absolute atomic E-state index is 0.112. The van der Waals surface area contributed by atoms with E-state index in [0.29, 0.717) is 5.56 Å². The van der Waals surface area contributed by atoms with Crippen LogP contribution in [-0.4, -0.2) is 23.2 Å². The number of hydrogen-bond acceptors (Lipinski definition) is 4. The summed E-state index contributed by atoms with van der Waals surface area (Å²) < 4.78 is 5.15. The first-order chi connectivity index (χ1) is 11.2. The Labute approximate surface area is 138 Å². The minimum Gasteiger partial charge on any atom is -0.497 e. The van der Waals surface area contributed by atoms with Gasteiger partial charge in [-0.3, -0.25) is 9.89 Å². The average molecular weight is 327 g/mol. The number of benzene rings is 1. The van der Waals surface area contributed by atoms with Gasteiger partial charge in [-0.2, -0.15) is 5.10 Å². The predicted octanol–water partition coefficient (Wildman–Crippen LogP) is 3.64. The number of methoxy groups -OCH3 is 1. The van der Waals surface area contributed by atoms with Crippen molar-refractivity contribution in [3.63, 3.8) is 0 Å². The third-order valence-electron chi connectivity index (χ3n) is 3.61. The molecule has 2 heterocycles. The van der Waals surface area contributed by atoms with Crippen LogP contribution in [-0.2, 0) is 0 Å². The van der Waals surface area contributed by atoms with E-state index in [9.17, 15) is 4.79 Å². The molecule has 0 saturated carbocycles. The summed E-state index contributed by atoms with van der Waals surface area (Å²) in [5.74, 6) is 0.646. The second-order valence-electron chi connectivity index (χ2n) is 5.10. The number of amides is 1. The number of carbonyl (C=O) groups excluding carboxylic acids is 1. The van der Waals surface area contributed by atoms with Gasteiger partial charge >= 0.3 is 0 Å². The molecule has 1 unspecified atom stereocenters. The molecule has 0 aliphatic rings. The number of nitrogens with one attached hydrogen (secondary N) is 2. The van der Waals surface area contributed by atoms with Gasteiger partial charge < -0.3 is 10.1 Å². The molecule has 0 saturated heterocycles. The summed E-state index contributed by atoms with van der Waals surface area (Å²) in [5.41, 5.74) is 2.31. The van der Waals surface area contributed by atoms with E-state index in [-0.39, 0.29) is 11.9 Å². The van der Waals surface area contributed by atoms with Crippen LogP contribution in [0.4, 0.5) is 0 Å². The number of thiophene rings is 1. The molecule has 118 valence electrons. The fourth-order valence-electron chi connectivity index (χ4n) is 2.32. The minimum atomic E-state index is -0.148. The zero-order valence-corrected chi connectivity index (χ0v) is 13.7. The summed E-state index contributed by atoms with van der Waals surface area (Å²) in [5, 5.41) is 11.9. The number of ether oxygens (including phenoxy) is 1. The first-order valence-electron chi connectivity index (χ1n) is 7.21. The second kappa shape index (κ2) is 6.66. The number of aromatic amines is 1. The molecule has 0 fully saturated rings. The van der Waals surface area contributed by atoms with Gasteiger partial charge in [0, 0.05) is 0 Å². The SMILES string of the molecule is COc1ccc(C(C)NC(=O)c2cn[nH]c2-c2cccs2)cc1. The van der Waals surface area contributed by atoms with E-state index in [0.717, 1.165) is 21.9 Å². The van der Waals surface area contributed by atoms with Crippen LogP contribution in [0.25, 0.3) is 10.6 Å². The van der Waals surface area contributed by atoms with Crippen molar-refractivity contribution in [2.75, 3.05) is 7.11 Å². The van der Waals surface area contributed by atoms with Gasteiger partial charge in [0.15, 0.2) is 0 Å². The molecule has 6 heteroatoms. The highest BCUT2D eigenvalue weighted by atomic mass is 32.1. The largest absolute Gasteiger partial charge is 0.497 e. The highest BCUT2D eigenvalue weighted by molar-refractivity contribution is 7.13. The molecule has 3 aromatic rings. The summed E-state index contributed by atoms with van der Waals surface area (Å²) in [6.07, 6.45) is 1.56.